The highest BCUT2D eigenvalue weighted by atomic mass is 19.1. The molecule has 0 saturated heterocycles. The lowest BCUT2D eigenvalue weighted by Gasteiger charge is -2.27. The number of nitriles is 1. The number of nitrogens with one attached hydrogen (secondary N) is 1. The van der Waals surface area contributed by atoms with E-state index in [2.05, 4.69) is 15.5 Å². The molecule has 1 aliphatic rings. The fourth-order valence-electron chi connectivity index (χ4n) is 2.98. The lowest BCUT2D eigenvalue weighted by molar-refractivity contribution is 0.296. The molecule has 0 bridgehead atoms. The first-order chi connectivity index (χ1) is 10.6. The molecule has 0 amide bonds. The molecule has 114 valence electrons. The maximum Gasteiger partial charge on any atom is 0.223 e. The largest absolute Gasteiger partial charge is 0.340 e. The molecular formula is C16H17FN4O. The first kappa shape index (κ1) is 14.7. The summed E-state index contributed by atoms with van der Waals surface area (Å²) in [6.45, 7) is 2.13. The Bertz CT molecular complexity index is 713. The minimum Gasteiger partial charge on any atom is -0.340 e. The summed E-state index contributed by atoms with van der Waals surface area (Å²) >= 11 is 0. The molecule has 1 heterocycles. The molecule has 1 aliphatic carbocycles. The number of nitrogens with zero attached hydrogens (tertiary/aromatic N) is 3. The first-order valence-electron chi connectivity index (χ1n) is 7.37. The summed E-state index contributed by atoms with van der Waals surface area (Å²) < 4.78 is 19.1. The third-order valence-corrected chi connectivity index (χ3v) is 4.21. The van der Waals surface area contributed by atoms with Gasteiger partial charge in [0.05, 0.1) is 17.2 Å². The fraction of sp³-hybridized carbons (Fsp3) is 0.438. The van der Waals surface area contributed by atoms with E-state index < -0.39 is 0 Å². The molecule has 5 nitrogen and oxygen atoms in total. The highest BCUT2D eigenvalue weighted by Crippen LogP contribution is 2.37. The number of benzene rings is 1. The molecule has 0 spiro atoms. The zero-order chi connectivity index (χ0) is 15.6. The predicted octanol–water partition coefficient (Wildman–Crippen LogP) is 2.95. The van der Waals surface area contributed by atoms with Crippen molar-refractivity contribution in [3.8, 4) is 6.07 Å². The van der Waals surface area contributed by atoms with Crippen LogP contribution in [0.4, 0.5) is 4.39 Å². The number of hydrogen-bond donors (Lipinski definition) is 1. The molecule has 0 atom stereocenters. The van der Waals surface area contributed by atoms with Crippen LogP contribution in [0.3, 0.4) is 0 Å². The van der Waals surface area contributed by atoms with Crippen LogP contribution in [0.5, 0.6) is 0 Å². The number of aryl methyl sites for hydroxylation is 1. The summed E-state index contributed by atoms with van der Waals surface area (Å²) in [4.78, 5) is 4.35. The summed E-state index contributed by atoms with van der Waals surface area (Å²) in [5.74, 6) is 0.813. The molecule has 0 aliphatic heterocycles. The molecule has 1 saturated carbocycles. The van der Waals surface area contributed by atoms with E-state index in [0.29, 0.717) is 29.4 Å². The fourth-order valence-corrected chi connectivity index (χ4v) is 2.98. The molecule has 22 heavy (non-hydrogen) atoms. The molecule has 6 heteroatoms. The maximum atomic E-state index is 14.0. The van der Waals surface area contributed by atoms with Crippen molar-refractivity contribution in [1.82, 2.24) is 15.5 Å². The average molecular weight is 300 g/mol. The standard InChI is InChI=1S/C16H17FN4O/c1-11-20-15(21-22-11)16(6-2-3-7-16)19-10-13-5-4-12(9-18)8-14(13)17/h4-5,8,19H,2-3,6-7,10H2,1H3. The van der Waals surface area contributed by atoms with Crippen molar-refractivity contribution >= 4 is 0 Å². The van der Waals surface area contributed by atoms with E-state index >= 15 is 0 Å². The Morgan fingerprint density at radius 2 is 2.18 bits per heavy atom. The summed E-state index contributed by atoms with van der Waals surface area (Å²) in [6.07, 6.45) is 3.97. The van der Waals surface area contributed by atoms with E-state index in [1.807, 2.05) is 6.07 Å². The van der Waals surface area contributed by atoms with Gasteiger partial charge in [-0.1, -0.05) is 24.1 Å². The van der Waals surface area contributed by atoms with Gasteiger partial charge in [-0.2, -0.15) is 10.2 Å². The van der Waals surface area contributed by atoms with Gasteiger partial charge < -0.3 is 9.84 Å². The summed E-state index contributed by atoms with van der Waals surface area (Å²) in [7, 11) is 0. The van der Waals surface area contributed by atoms with Crippen LogP contribution in [0.1, 0.15) is 48.5 Å². The van der Waals surface area contributed by atoms with E-state index in [9.17, 15) is 4.39 Å². The van der Waals surface area contributed by atoms with Gasteiger partial charge in [-0.15, -0.1) is 0 Å². The maximum absolute atomic E-state index is 14.0. The lowest BCUT2D eigenvalue weighted by atomic mass is 9.96. The first-order valence-corrected chi connectivity index (χ1v) is 7.37. The molecule has 1 fully saturated rings. The van der Waals surface area contributed by atoms with Gasteiger partial charge in [0.25, 0.3) is 0 Å². The van der Waals surface area contributed by atoms with Crippen LogP contribution in [-0.2, 0) is 12.1 Å². The lowest BCUT2D eigenvalue weighted by Crippen LogP contribution is -2.40. The molecule has 1 aromatic carbocycles. The predicted molar refractivity (Wildman–Crippen MR) is 77.1 cm³/mol. The molecule has 3 rings (SSSR count). The zero-order valence-corrected chi connectivity index (χ0v) is 12.4. The number of aromatic nitrogens is 2. The Labute approximate surface area is 128 Å². The Morgan fingerprint density at radius 1 is 1.41 bits per heavy atom. The summed E-state index contributed by atoms with van der Waals surface area (Å²) in [5, 5.41) is 16.2. The van der Waals surface area contributed by atoms with Crippen molar-refractivity contribution in [3.63, 3.8) is 0 Å². The van der Waals surface area contributed by atoms with Gasteiger partial charge in [0.15, 0.2) is 5.82 Å². The van der Waals surface area contributed by atoms with Crippen LogP contribution in [0, 0.1) is 24.1 Å². The zero-order valence-electron chi connectivity index (χ0n) is 12.4. The van der Waals surface area contributed by atoms with E-state index in [1.165, 1.54) is 6.07 Å². The van der Waals surface area contributed by atoms with Crippen molar-refractivity contribution in [1.29, 1.82) is 5.26 Å². The normalized spacial score (nSPS) is 16.6. The molecule has 0 radical (unpaired) electrons. The molecule has 1 aromatic heterocycles. The minimum absolute atomic E-state index is 0.325. The van der Waals surface area contributed by atoms with Crippen LogP contribution in [0.25, 0.3) is 0 Å². The number of hydrogen-bond acceptors (Lipinski definition) is 5. The second-order valence-electron chi connectivity index (χ2n) is 5.70. The van der Waals surface area contributed by atoms with Gasteiger partial charge in [0.2, 0.25) is 5.89 Å². The van der Waals surface area contributed by atoms with Crippen molar-refractivity contribution < 1.29 is 8.91 Å². The van der Waals surface area contributed by atoms with Crippen LogP contribution in [-0.4, -0.2) is 10.1 Å². The minimum atomic E-state index is -0.371. The number of rotatable bonds is 4. The summed E-state index contributed by atoms with van der Waals surface area (Å²) in [6, 6.07) is 6.47. The second-order valence-corrected chi connectivity index (χ2v) is 5.70. The Balaban J connectivity index is 1.80. The third-order valence-electron chi connectivity index (χ3n) is 4.21. The molecule has 0 unspecified atom stereocenters. The monoisotopic (exact) mass is 300 g/mol. The molecule has 1 N–H and O–H groups in total. The smallest absolute Gasteiger partial charge is 0.223 e. The quantitative estimate of drug-likeness (QED) is 0.939. The Hall–Kier alpha value is -2.26. The molecular weight excluding hydrogens is 283 g/mol. The van der Waals surface area contributed by atoms with Gasteiger partial charge in [-0.05, 0) is 25.0 Å². The van der Waals surface area contributed by atoms with E-state index in [4.69, 9.17) is 9.78 Å². The van der Waals surface area contributed by atoms with E-state index in [-0.39, 0.29) is 11.4 Å². The average Bonchev–Trinajstić information content (AvgIpc) is 3.15. The Kier molecular flexibility index (Phi) is 3.90. The Morgan fingerprint density at radius 3 is 2.77 bits per heavy atom. The van der Waals surface area contributed by atoms with Gasteiger partial charge in [0.1, 0.15) is 5.82 Å². The summed E-state index contributed by atoms with van der Waals surface area (Å²) in [5.41, 5.74) is 0.508. The van der Waals surface area contributed by atoms with E-state index in [0.717, 1.165) is 25.7 Å². The van der Waals surface area contributed by atoms with Crippen LogP contribution in [0.15, 0.2) is 22.7 Å². The van der Waals surface area contributed by atoms with Crippen molar-refractivity contribution in [3.05, 3.63) is 46.9 Å². The van der Waals surface area contributed by atoms with Gasteiger partial charge >= 0.3 is 0 Å². The van der Waals surface area contributed by atoms with Gasteiger partial charge in [0, 0.05) is 19.0 Å². The highest BCUT2D eigenvalue weighted by molar-refractivity contribution is 5.33. The van der Waals surface area contributed by atoms with Crippen molar-refractivity contribution in [2.75, 3.05) is 0 Å². The van der Waals surface area contributed by atoms with Crippen LogP contribution >= 0.6 is 0 Å². The highest BCUT2D eigenvalue weighted by Gasteiger charge is 2.39. The van der Waals surface area contributed by atoms with Gasteiger partial charge in [-0.3, -0.25) is 0 Å². The van der Waals surface area contributed by atoms with Crippen LogP contribution in [0.2, 0.25) is 0 Å². The second kappa shape index (κ2) is 5.85. The molecule has 2 aromatic rings. The van der Waals surface area contributed by atoms with Gasteiger partial charge in [-0.25, -0.2) is 4.39 Å². The number of halogens is 1. The SMILES string of the molecule is Cc1nc(C2(NCc3ccc(C#N)cc3F)CCCC2)no1. The van der Waals surface area contributed by atoms with E-state index in [1.54, 1.807) is 19.1 Å². The topological polar surface area (TPSA) is 74.7 Å². The van der Waals surface area contributed by atoms with Crippen molar-refractivity contribution in [2.24, 2.45) is 0 Å². The van der Waals surface area contributed by atoms with Crippen LogP contribution < -0.4 is 5.32 Å². The van der Waals surface area contributed by atoms with Crippen molar-refractivity contribution in [2.45, 2.75) is 44.7 Å². The third kappa shape index (κ3) is 2.72.